The zero-order chi connectivity index (χ0) is 20.5. The topological polar surface area (TPSA) is 51.0 Å². The van der Waals surface area contributed by atoms with Gasteiger partial charge in [0.2, 0.25) is 0 Å². The van der Waals surface area contributed by atoms with Crippen LogP contribution in [0.3, 0.4) is 0 Å². The lowest BCUT2D eigenvalue weighted by Crippen LogP contribution is -2.39. The molecule has 0 saturated carbocycles. The van der Waals surface area contributed by atoms with Crippen molar-refractivity contribution in [1.29, 1.82) is 0 Å². The van der Waals surface area contributed by atoms with Crippen molar-refractivity contribution in [3.63, 3.8) is 0 Å². The number of hydrogen-bond acceptors (Lipinski definition) is 3. The summed E-state index contributed by atoms with van der Waals surface area (Å²) in [6, 6.07) is 18.4. The van der Waals surface area contributed by atoms with Crippen LogP contribution in [-0.4, -0.2) is 38.4 Å². The SMILES string of the molecule is O=C(c1cccnc1)N1CCC(n2c(-c3ccccc3)nc3ccc(F)cc32)CC1. The first-order chi connectivity index (χ1) is 14.7. The van der Waals surface area contributed by atoms with Gasteiger partial charge in [-0.2, -0.15) is 0 Å². The van der Waals surface area contributed by atoms with E-state index in [-0.39, 0.29) is 17.8 Å². The second kappa shape index (κ2) is 7.71. The first-order valence-electron chi connectivity index (χ1n) is 10.1. The molecule has 0 aliphatic carbocycles. The highest BCUT2D eigenvalue weighted by Gasteiger charge is 2.28. The molecular formula is C24H21FN4O. The van der Waals surface area contributed by atoms with Gasteiger partial charge in [0.1, 0.15) is 11.6 Å². The Bertz CT molecular complexity index is 1180. The number of aromatic nitrogens is 3. The molecule has 1 aliphatic rings. The van der Waals surface area contributed by atoms with E-state index in [1.54, 1.807) is 36.7 Å². The number of amides is 1. The van der Waals surface area contributed by atoms with Gasteiger partial charge in [0, 0.05) is 37.1 Å². The van der Waals surface area contributed by atoms with Gasteiger partial charge in [-0.25, -0.2) is 9.37 Å². The molecule has 0 radical (unpaired) electrons. The Morgan fingerprint density at radius 3 is 2.53 bits per heavy atom. The van der Waals surface area contributed by atoms with E-state index in [4.69, 9.17) is 4.98 Å². The summed E-state index contributed by atoms with van der Waals surface area (Å²) in [6.45, 7) is 1.28. The lowest BCUT2D eigenvalue weighted by molar-refractivity contribution is 0.0696. The Hall–Kier alpha value is -3.54. The summed E-state index contributed by atoms with van der Waals surface area (Å²) in [6.07, 6.45) is 4.84. The largest absolute Gasteiger partial charge is 0.338 e. The molecule has 1 amide bonds. The van der Waals surface area contributed by atoms with Crippen molar-refractivity contribution in [2.45, 2.75) is 18.9 Å². The monoisotopic (exact) mass is 400 g/mol. The second-order valence-corrected chi connectivity index (χ2v) is 7.57. The Morgan fingerprint density at radius 1 is 1.00 bits per heavy atom. The van der Waals surface area contributed by atoms with Gasteiger partial charge in [0.15, 0.2) is 0 Å². The van der Waals surface area contributed by atoms with E-state index in [0.717, 1.165) is 35.3 Å². The van der Waals surface area contributed by atoms with Crippen molar-refractivity contribution in [3.8, 4) is 11.4 Å². The van der Waals surface area contributed by atoms with Gasteiger partial charge in [-0.3, -0.25) is 9.78 Å². The molecule has 4 aromatic rings. The molecule has 5 nitrogen and oxygen atoms in total. The standard InChI is InChI=1S/C24H21FN4O/c25-19-8-9-21-22(15-19)29(23(27-21)17-5-2-1-3-6-17)20-10-13-28(14-11-20)24(30)18-7-4-12-26-16-18/h1-9,12,15-16,20H,10-11,13-14H2. The average molecular weight is 400 g/mol. The highest BCUT2D eigenvalue weighted by atomic mass is 19.1. The predicted molar refractivity (Wildman–Crippen MR) is 114 cm³/mol. The molecule has 0 atom stereocenters. The molecule has 0 unspecified atom stereocenters. The molecule has 2 aromatic heterocycles. The van der Waals surface area contributed by atoms with Gasteiger partial charge < -0.3 is 9.47 Å². The van der Waals surface area contributed by atoms with E-state index in [0.29, 0.717) is 18.7 Å². The first-order valence-corrected chi connectivity index (χ1v) is 10.1. The molecule has 5 rings (SSSR count). The number of nitrogens with zero attached hydrogens (tertiary/aromatic N) is 4. The van der Waals surface area contributed by atoms with Crippen molar-refractivity contribution < 1.29 is 9.18 Å². The summed E-state index contributed by atoms with van der Waals surface area (Å²) in [4.78, 5) is 23.5. The first kappa shape index (κ1) is 18.5. The van der Waals surface area contributed by atoms with Crippen LogP contribution in [0.4, 0.5) is 4.39 Å². The summed E-state index contributed by atoms with van der Waals surface area (Å²) in [7, 11) is 0. The summed E-state index contributed by atoms with van der Waals surface area (Å²) in [5, 5.41) is 0. The fourth-order valence-corrected chi connectivity index (χ4v) is 4.23. The van der Waals surface area contributed by atoms with Gasteiger partial charge in [-0.1, -0.05) is 30.3 Å². The van der Waals surface area contributed by atoms with Crippen LogP contribution >= 0.6 is 0 Å². The van der Waals surface area contributed by atoms with Gasteiger partial charge >= 0.3 is 0 Å². The molecule has 1 fully saturated rings. The van der Waals surface area contributed by atoms with E-state index >= 15 is 0 Å². The zero-order valence-electron chi connectivity index (χ0n) is 16.4. The molecule has 1 saturated heterocycles. The average Bonchev–Trinajstić information content (AvgIpc) is 3.18. The zero-order valence-corrected chi connectivity index (χ0v) is 16.4. The van der Waals surface area contributed by atoms with Crippen molar-refractivity contribution in [3.05, 3.63) is 84.4 Å². The molecule has 6 heteroatoms. The van der Waals surface area contributed by atoms with Crippen molar-refractivity contribution in [2.75, 3.05) is 13.1 Å². The number of rotatable bonds is 3. The van der Waals surface area contributed by atoms with Crippen molar-refractivity contribution in [1.82, 2.24) is 19.4 Å². The molecule has 3 heterocycles. The Balaban J connectivity index is 1.47. The number of hydrogen-bond donors (Lipinski definition) is 0. The van der Waals surface area contributed by atoms with Gasteiger partial charge in [0.25, 0.3) is 5.91 Å². The maximum Gasteiger partial charge on any atom is 0.255 e. The number of benzene rings is 2. The van der Waals surface area contributed by atoms with Crippen LogP contribution < -0.4 is 0 Å². The maximum atomic E-state index is 14.1. The van der Waals surface area contributed by atoms with E-state index in [2.05, 4.69) is 9.55 Å². The Kier molecular flexibility index (Phi) is 4.75. The predicted octanol–water partition coefficient (Wildman–Crippen LogP) is 4.71. The minimum Gasteiger partial charge on any atom is -0.338 e. The molecule has 150 valence electrons. The number of halogens is 1. The number of pyridine rings is 1. The van der Waals surface area contributed by atoms with Crippen molar-refractivity contribution in [2.24, 2.45) is 0 Å². The van der Waals surface area contributed by atoms with Crippen LogP contribution in [0, 0.1) is 5.82 Å². The quantitative estimate of drug-likeness (QED) is 0.500. The number of carbonyl (C=O) groups is 1. The smallest absolute Gasteiger partial charge is 0.255 e. The summed E-state index contributed by atoms with van der Waals surface area (Å²) < 4.78 is 16.2. The molecular weight excluding hydrogens is 379 g/mol. The van der Waals surface area contributed by atoms with Gasteiger partial charge in [-0.05, 0) is 43.2 Å². The number of carbonyl (C=O) groups excluding carboxylic acids is 1. The number of piperidine rings is 1. The highest BCUT2D eigenvalue weighted by molar-refractivity contribution is 5.94. The Morgan fingerprint density at radius 2 is 1.80 bits per heavy atom. The van der Waals surface area contributed by atoms with Crippen LogP contribution in [0.5, 0.6) is 0 Å². The third kappa shape index (κ3) is 3.34. The van der Waals surface area contributed by atoms with Gasteiger partial charge in [0.05, 0.1) is 16.6 Å². The number of fused-ring (bicyclic) bond motifs is 1. The normalized spacial score (nSPS) is 14.9. The molecule has 0 spiro atoms. The van der Waals surface area contributed by atoms with Crippen LogP contribution in [0.25, 0.3) is 22.4 Å². The summed E-state index contributed by atoms with van der Waals surface area (Å²) in [5.41, 5.74) is 3.19. The van der Waals surface area contributed by atoms with Crippen LogP contribution in [0.1, 0.15) is 29.2 Å². The van der Waals surface area contributed by atoms with Crippen LogP contribution in [-0.2, 0) is 0 Å². The number of likely N-dealkylation sites (tertiary alicyclic amines) is 1. The summed E-state index contributed by atoms with van der Waals surface area (Å²) >= 11 is 0. The fraction of sp³-hybridized carbons (Fsp3) is 0.208. The second-order valence-electron chi connectivity index (χ2n) is 7.57. The van der Waals surface area contributed by atoms with E-state index in [9.17, 15) is 9.18 Å². The third-order valence-corrected chi connectivity index (χ3v) is 5.71. The minimum absolute atomic E-state index is 0.00589. The van der Waals surface area contributed by atoms with Crippen molar-refractivity contribution >= 4 is 16.9 Å². The van der Waals surface area contributed by atoms with Crippen LogP contribution in [0.2, 0.25) is 0 Å². The molecule has 0 N–H and O–H groups in total. The molecule has 30 heavy (non-hydrogen) atoms. The lowest BCUT2D eigenvalue weighted by atomic mass is 10.0. The Labute approximate surface area is 173 Å². The summed E-state index contributed by atoms with van der Waals surface area (Å²) in [5.74, 6) is 0.576. The lowest BCUT2D eigenvalue weighted by Gasteiger charge is -2.33. The van der Waals surface area contributed by atoms with E-state index in [1.165, 1.54) is 6.07 Å². The molecule has 1 aliphatic heterocycles. The highest BCUT2D eigenvalue weighted by Crippen LogP contribution is 2.34. The molecule has 0 bridgehead atoms. The number of imidazole rings is 1. The van der Waals surface area contributed by atoms with E-state index < -0.39 is 0 Å². The van der Waals surface area contributed by atoms with Crippen LogP contribution in [0.15, 0.2) is 73.1 Å². The van der Waals surface area contributed by atoms with E-state index in [1.807, 2.05) is 35.2 Å². The fourth-order valence-electron chi connectivity index (χ4n) is 4.23. The third-order valence-electron chi connectivity index (χ3n) is 5.71. The minimum atomic E-state index is -0.271. The maximum absolute atomic E-state index is 14.1. The van der Waals surface area contributed by atoms with Gasteiger partial charge in [-0.15, -0.1) is 0 Å². The molecule has 2 aromatic carbocycles.